The number of rotatable bonds is 11. The Morgan fingerprint density at radius 1 is 1.00 bits per heavy atom. The van der Waals surface area contributed by atoms with Crippen LogP contribution in [0.1, 0.15) is 19.8 Å². The Labute approximate surface area is 189 Å². The lowest BCUT2D eigenvalue weighted by molar-refractivity contribution is -0.366. The number of aliphatic hydroxyl groups is 6. The van der Waals surface area contributed by atoms with Gasteiger partial charge in [-0.25, -0.2) is 0 Å². The highest BCUT2D eigenvalue weighted by atomic mass is 16.8. The van der Waals surface area contributed by atoms with Crippen LogP contribution in [0.25, 0.3) is 10.4 Å². The minimum atomic E-state index is -1.76. The Bertz CT molecular complexity index is 666. The Hall–Kier alpha value is -1.62. The molecule has 0 aliphatic carbocycles. The van der Waals surface area contributed by atoms with Gasteiger partial charge in [0.05, 0.1) is 25.9 Å². The highest BCUT2D eigenvalue weighted by Gasteiger charge is 2.50. The van der Waals surface area contributed by atoms with Crippen LogP contribution in [0.3, 0.4) is 0 Å². The fourth-order valence-electron chi connectivity index (χ4n) is 3.51. The molecule has 0 aromatic carbocycles. The molecule has 2 heterocycles. The predicted octanol–water partition coefficient (Wildman–Crippen LogP) is -2.71. The summed E-state index contributed by atoms with van der Waals surface area (Å²) in [7, 11) is 0. The summed E-state index contributed by atoms with van der Waals surface area (Å²) in [6.07, 6.45) is -15.3. The van der Waals surface area contributed by atoms with Gasteiger partial charge in [0.15, 0.2) is 12.6 Å². The van der Waals surface area contributed by atoms with Gasteiger partial charge in [-0.2, -0.15) is 0 Å². The molecule has 15 heteroatoms. The molecule has 33 heavy (non-hydrogen) atoms. The van der Waals surface area contributed by atoms with Gasteiger partial charge in [-0.15, -0.1) is 0 Å². The topological polar surface area (TPSA) is 233 Å². The number of azide groups is 1. The molecular formula is C18H31N3O12. The van der Waals surface area contributed by atoms with Gasteiger partial charge >= 0.3 is 5.97 Å². The van der Waals surface area contributed by atoms with Crippen molar-refractivity contribution in [2.45, 2.75) is 81.2 Å². The molecule has 6 N–H and O–H groups in total. The van der Waals surface area contributed by atoms with Crippen molar-refractivity contribution in [3.05, 3.63) is 10.4 Å². The maximum Gasteiger partial charge on any atom is 0.305 e. The lowest BCUT2D eigenvalue weighted by Gasteiger charge is -2.46. The van der Waals surface area contributed by atoms with E-state index in [4.69, 9.17) is 29.2 Å². The van der Waals surface area contributed by atoms with Gasteiger partial charge in [-0.05, 0) is 18.9 Å². The van der Waals surface area contributed by atoms with Gasteiger partial charge < -0.3 is 54.3 Å². The molecule has 2 fully saturated rings. The fraction of sp³-hybridized carbons (Fsp3) is 0.944. The highest BCUT2D eigenvalue weighted by Crippen LogP contribution is 2.30. The van der Waals surface area contributed by atoms with Gasteiger partial charge in [-0.1, -0.05) is 5.11 Å². The summed E-state index contributed by atoms with van der Waals surface area (Å²) in [4.78, 5) is 14.2. The highest BCUT2D eigenvalue weighted by molar-refractivity contribution is 5.69. The van der Waals surface area contributed by atoms with Crippen LogP contribution in [-0.4, -0.2) is 124 Å². The molecule has 2 aliphatic heterocycles. The lowest BCUT2D eigenvalue weighted by atomic mass is 9.95. The molecular weight excluding hydrogens is 450 g/mol. The quantitative estimate of drug-likeness (QED) is 0.0581. The second-order valence-corrected chi connectivity index (χ2v) is 7.49. The van der Waals surface area contributed by atoms with Crippen molar-refractivity contribution in [3.8, 4) is 0 Å². The van der Waals surface area contributed by atoms with Gasteiger partial charge in [0, 0.05) is 17.9 Å². The summed E-state index contributed by atoms with van der Waals surface area (Å²) in [5.41, 5.74) is 8.36. The molecule has 2 rings (SSSR count). The Kier molecular flexibility index (Phi) is 11.1. The fourth-order valence-corrected chi connectivity index (χ4v) is 3.51. The number of hydrogen-bond donors (Lipinski definition) is 6. The van der Waals surface area contributed by atoms with Crippen molar-refractivity contribution in [1.29, 1.82) is 0 Å². The van der Waals surface area contributed by atoms with Crippen LogP contribution in [0.2, 0.25) is 0 Å². The van der Waals surface area contributed by atoms with E-state index >= 15 is 0 Å². The standard InChI is InChI=1S/C18H31N3O12/c1-2-29-10(23)4-3-8-11(24)13(26)15(28)17(31-8)33-16-14(27)12(25)9(7-22)32-18(16)30-6-5-20-21-19/h8-9,11-18,22,24-28H,2-7H2,1H3/t8?,9?,11-,12-,13?,14?,15?,16?,17-,18+/m1/s1. The molecule has 0 spiro atoms. The number of hydrogen-bond acceptors (Lipinski definition) is 13. The minimum absolute atomic E-state index is 0.0608. The third kappa shape index (κ3) is 7.18. The van der Waals surface area contributed by atoms with Gasteiger partial charge in [0.25, 0.3) is 0 Å². The number of carbonyl (C=O) groups is 1. The first-order valence-corrected chi connectivity index (χ1v) is 10.5. The molecule has 0 saturated carbocycles. The summed E-state index contributed by atoms with van der Waals surface area (Å²) in [5.74, 6) is -0.547. The van der Waals surface area contributed by atoms with E-state index in [2.05, 4.69) is 10.0 Å². The number of aliphatic hydroxyl groups excluding tert-OH is 6. The summed E-state index contributed by atoms with van der Waals surface area (Å²) in [5, 5.41) is 64.1. The molecule has 0 aromatic heterocycles. The van der Waals surface area contributed by atoms with Crippen LogP contribution < -0.4 is 0 Å². The number of nitrogens with zero attached hydrogens (tertiary/aromatic N) is 3. The molecule has 0 radical (unpaired) electrons. The van der Waals surface area contributed by atoms with Crippen LogP contribution in [0.4, 0.5) is 0 Å². The first kappa shape index (κ1) is 27.6. The van der Waals surface area contributed by atoms with Crippen LogP contribution in [0.5, 0.6) is 0 Å². The summed E-state index contributed by atoms with van der Waals surface area (Å²) in [6, 6.07) is 0. The zero-order chi connectivity index (χ0) is 24.5. The lowest BCUT2D eigenvalue weighted by Crippen LogP contribution is -2.64. The SMILES string of the molecule is CCOC(=O)CCC1O[C@H](OC2C(O)[C@H](O)C(CO)O[C@@H]2OCCN=[N+]=[N-])C(O)C(O)[C@@H]1O. The molecule has 10 atom stereocenters. The molecule has 0 amide bonds. The van der Waals surface area contributed by atoms with E-state index in [0.29, 0.717) is 0 Å². The molecule has 0 aromatic rings. The Morgan fingerprint density at radius 3 is 2.30 bits per heavy atom. The van der Waals surface area contributed by atoms with E-state index in [1.54, 1.807) is 6.92 Å². The van der Waals surface area contributed by atoms with E-state index < -0.39 is 74.0 Å². The van der Waals surface area contributed by atoms with E-state index in [-0.39, 0.29) is 32.6 Å². The summed E-state index contributed by atoms with van der Waals surface area (Å²) in [6.45, 7) is 0.900. The third-order valence-corrected chi connectivity index (χ3v) is 5.26. The van der Waals surface area contributed by atoms with Crippen LogP contribution in [0.15, 0.2) is 5.11 Å². The monoisotopic (exact) mass is 481 g/mol. The molecule has 2 saturated heterocycles. The summed E-state index contributed by atoms with van der Waals surface area (Å²) < 4.78 is 26.8. The maximum atomic E-state index is 11.6. The normalized spacial score (nSPS) is 39.0. The van der Waals surface area contributed by atoms with Crippen LogP contribution in [0, 0.1) is 0 Å². The first-order chi connectivity index (χ1) is 15.7. The minimum Gasteiger partial charge on any atom is -0.466 e. The van der Waals surface area contributed by atoms with Crippen molar-refractivity contribution >= 4 is 5.97 Å². The van der Waals surface area contributed by atoms with Gasteiger partial charge in [0.2, 0.25) is 0 Å². The molecule has 0 bridgehead atoms. The van der Waals surface area contributed by atoms with Crippen molar-refractivity contribution in [3.63, 3.8) is 0 Å². The molecule has 15 nitrogen and oxygen atoms in total. The molecule has 2 aliphatic rings. The van der Waals surface area contributed by atoms with Gasteiger partial charge in [0.1, 0.15) is 42.7 Å². The predicted molar refractivity (Wildman–Crippen MR) is 105 cm³/mol. The first-order valence-electron chi connectivity index (χ1n) is 10.5. The zero-order valence-electron chi connectivity index (χ0n) is 18.0. The second kappa shape index (κ2) is 13.3. The number of carbonyl (C=O) groups excluding carboxylic acids is 1. The average molecular weight is 481 g/mol. The second-order valence-electron chi connectivity index (χ2n) is 7.49. The van der Waals surface area contributed by atoms with Crippen molar-refractivity contribution < 1.29 is 59.1 Å². The third-order valence-electron chi connectivity index (χ3n) is 5.26. The van der Waals surface area contributed by atoms with Gasteiger partial charge in [-0.3, -0.25) is 4.79 Å². The van der Waals surface area contributed by atoms with Crippen LogP contribution in [-0.2, 0) is 28.5 Å². The van der Waals surface area contributed by atoms with E-state index in [1.807, 2.05) is 0 Å². The Morgan fingerprint density at radius 2 is 1.67 bits per heavy atom. The molecule has 190 valence electrons. The average Bonchev–Trinajstić information content (AvgIpc) is 2.80. The van der Waals surface area contributed by atoms with Crippen LogP contribution >= 0.6 is 0 Å². The maximum absolute atomic E-state index is 11.6. The Balaban J connectivity index is 2.12. The van der Waals surface area contributed by atoms with Crippen molar-refractivity contribution in [2.75, 3.05) is 26.4 Å². The molecule has 6 unspecified atom stereocenters. The van der Waals surface area contributed by atoms with E-state index in [0.717, 1.165) is 0 Å². The van der Waals surface area contributed by atoms with Crippen molar-refractivity contribution in [1.82, 2.24) is 0 Å². The number of esters is 1. The number of ether oxygens (including phenoxy) is 5. The van der Waals surface area contributed by atoms with Crippen molar-refractivity contribution in [2.24, 2.45) is 5.11 Å². The zero-order valence-corrected chi connectivity index (χ0v) is 18.0. The van der Waals surface area contributed by atoms with E-state index in [9.17, 15) is 35.4 Å². The van der Waals surface area contributed by atoms with E-state index in [1.165, 1.54) is 0 Å². The summed E-state index contributed by atoms with van der Waals surface area (Å²) >= 11 is 0. The largest absolute Gasteiger partial charge is 0.466 e. The smallest absolute Gasteiger partial charge is 0.305 e.